The minimum absolute atomic E-state index is 0.130. The molecule has 3 aliphatic rings. The van der Waals surface area contributed by atoms with Crippen molar-refractivity contribution < 1.29 is 13.9 Å². The molecule has 1 aliphatic carbocycles. The highest BCUT2D eigenvalue weighted by Gasteiger charge is 2.33. The number of hydrogen-bond acceptors (Lipinski definition) is 10. The molecule has 1 unspecified atom stereocenters. The van der Waals surface area contributed by atoms with E-state index in [0.717, 1.165) is 101 Å². The summed E-state index contributed by atoms with van der Waals surface area (Å²) in [4.78, 5) is 28.7. The maximum absolute atomic E-state index is 13.3. The van der Waals surface area contributed by atoms with Crippen LogP contribution in [-0.4, -0.2) is 44.3 Å². The quantitative estimate of drug-likeness (QED) is 0.240. The molecule has 5 aromatic rings. The van der Waals surface area contributed by atoms with Crippen molar-refractivity contribution in [2.24, 2.45) is 5.92 Å². The van der Waals surface area contributed by atoms with Crippen molar-refractivity contribution in [2.75, 3.05) is 18.5 Å². The van der Waals surface area contributed by atoms with Crippen LogP contribution in [0.15, 0.2) is 41.1 Å². The molecule has 1 atom stereocenters. The van der Waals surface area contributed by atoms with Crippen molar-refractivity contribution in [3.63, 3.8) is 0 Å². The van der Waals surface area contributed by atoms with Gasteiger partial charge in [0.2, 0.25) is 11.8 Å². The fraction of sp³-hybridized carbons (Fsp3) is 0.375. The first-order chi connectivity index (χ1) is 21.1. The molecule has 1 amide bonds. The second kappa shape index (κ2) is 10.8. The number of aryl methyl sites for hydroxylation is 3. The minimum atomic E-state index is -0.130. The molecule has 1 fully saturated rings. The highest BCUT2D eigenvalue weighted by Crippen LogP contribution is 2.46. The predicted octanol–water partition coefficient (Wildman–Crippen LogP) is 5.81. The molecule has 218 valence electrons. The summed E-state index contributed by atoms with van der Waals surface area (Å²) < 4.78 is 12.7. The van der Waals surface area contributed by atoms with Crippen LogP contribution in [0.4, 0.5) is 5.82 Å². The summed E-state index contributed by atoms with van der Waals surface area (Å²) in [5.41, 5.74) is 6.19. The van der Waals surface area contributed by atoms with E-state index in [1.54, 1.807) is 18.3 Å². The standard InChI is InChI=1S/C32H31N7O3S/c1-17-38-39-32(42-17)27-23(5-4-18-9-13-41-14-10-18)36-24-16-35-31(40)26(24)28(27)25-15-19-8-12-34-30(29(19)43-25)37-22-7-6-21-20(22)3-2-11-33-21/h2-3,8,11-12,15,18,22H,4-7,9-10,13-14,16H2,1H3,(H,34,37)(H,35,40). The Morgan fingerprint density at radius 1 is 1.05 bits per heavy atom. The number of nitrogens with one attached hydrogen (secondary N) is 2. The van der Waals surface area contributed by atoms with Crippen molar-refractivity contribution in [1.82, 2.24) is 30.5 Å². The van der Waals surface area contributed by atoms with Gasteiger partial charge < -0.3 is 19.8 Å². The number of fused-ring (bicyclic) bond motifs is 3. The van der Waals surface area contributed by atoms with E-state index in [4.69, 9.17) is 19.1 Å². The molecule has 8 rings (SSSR count). The lowest BCUT2D eigenvalue weighted by molar-refractivity contribution is 0.0639. The Labute approximate surface area is 252 Å². The van der Waals surface area contributed by atoms with Gasteiger partial charge in [-0.1, -0.05) is 6.07 Å². The van der Waals surface area contributed by atoms with Gasteiger partial charge in [0.25, 0.3) is 5.91 Å². The molecule has 11 heteroatoms. The molecule has 0 radical (unpaired) electrons. The van der Waals surface area contributed by atoms with Crippen molar-refractivity contribution in [3.8, 4) is 21.9 Å². The van der Waals surface area contributed by atoms with Gasteiger partial charge in [-0.2, -0.15) is 0 Å². The number of amides is 1. The van der Waals surface area contributed by atoms with Crippen LogP contribution in [0.5, 0.6) is 0 Å². The predicted molar refractivity (Wildman–Crippen MR) is 163 cm³/mol. The minimum Gasteiger partial charge on any atom is -0.421 e. The molecular formula is C32H31N7O3S. The normalized spacial score (nSPS) is 18.2. The van der Waals surface area contributed by atoms with Gasteiger partial charge in [-0.3, -0.25) is 14.8 Å². The van der Waals surface area contributed by atoms with Crippen LogP contribution in [0.25, 0.3) is 32.0 Å². The number of carbonyl (C=O) groups is 1. The van der Waals surface area contributed by atoms with Gasteiger partial charge in [-0.15, -0.1) is 21.5 Å². The molecular weight excluding hydrogens is 562 g/mol. The molecule has 2 aliphatic heterocycles. The van der Waals surface area contributed by atoms with Gasteiger partial charge in [0.1, 0.15) is 5.82 Å². The molecule has 0 aromatic carbocycles. The maximum Gasteiger partial charge on any atom is 0.254 e. The zero-order chi connectivity index (χ0) is 28.9. The second-order valence-electron chi connectivity index (χ2n) is 11.5. The van der Waals surface area contributed by atoms with E-state index in [1.807, 2.05) is 24.5 Å². The van der Waals surface area contributed by atoms with E-state index in [9.17, 15) is 4.79 Å². The van der Waals surface area contributed by atoms with Crippen LogP contribution in [-0.2, 0) is 24.1 Å². The smallest absolute Gasteiger partial charge is 0.254 e. The Bertz CT molecular complexity index is 1860. The van der Waals surface area contributed by atoms with Crippen LogP contribution in [0.1, 0.15) is 70.6 Å². The van der Waals surface area contributed by atoms with Gasteiger partial charge in [-0.25, -0.2) is 4.98 Å². The van der Waals surface area contributed by atoms with Crippen molar-refractivity contribution in [1.29, 1.82) is 0 Å². The number of hydrogen-bond donors (Lipinski definition) is 2. The lowest BCUT2D eigenvalue weighted by atomic mass is 9.90. The van der Waals surface area contributed by atoms with Crippen LogP contribution in [0, 0.1) is 12.8 Å². The van der Waals surface area contributed by atoms with E-state index in [2.05, 4.69) is 37.9 Å². The third kappa shape index (κ3) is 4.76. The molecule has 10 nitrogen and oxygen atoms in total. The fourth-order valence-corrected chi connectivity index (χ4v) is 7.83. The fourth-order valence-electron chi connectivity index (χ4n) is 6.66. The first-order valence-corrected chi connectivity index (χ1v) is 15.8. The number of rotatable bonds is 7. The lowest BCUT2D eigenvalue weighted by Crippen LogP contribution is -2.17. The van der Waals surface area contributed by atoms with Gasteiger partial charge in [-0.05, 0) is 73.6 Å². The van der Waals surface area contributed by atoms with Crippen LogP contribution < -0.4 is 10.6 Å². The summed E-state index contributed by atoms with van der Waals surface area (Å²) in [6.07, 6.45) is 9.45. The molecule has 0 bridgehead atoms. The van der Waals surface area contributed by atoms with Crippen molar-refractivity contribution in [2.45, 2.75) is 58.0 Å². The van der Waals surface area contributed by atoms with Crippen molar-refractivity contribution in [3.05, 3.63) is 70.8 Å². The van der Waals surface area contributed by atoms with E-state index in [0.29, 0.717) is 29.8 Å². The SMILES string of the molecule is Cc1nnc(-c2c(CCC3CCOCC3)nc3c(c2-c2cc4ccnc(NC5CCc6ncccc65)c4s2)C(=O)NC3)o1. The third-order valence-electron chi connectivity index (χ3n) is 8.82. The van der Waals surface area contributed by atoms with Gasteiger partial charge >= 0.3 is 0 Å². The Hall–Kier alpha value is -4.22. The first-order valence-electron chi connectivity index (χ1n) is 14.9. The largest absolute Gasteiger partial charge is 0.421 e. The first kappa shape index (κ1) is 26.4. The summed E-state index contributed by atoms with van der Waals surface area (Å²) in [6, 6.07) is 8.46. The Kier molecular flexibility index (Phi) is 6.64. The molecule has 1 saturated heterocycles. The van der Waals surface area contributed by atoms with Gasteiger partial charge in [0, 0.05) is 48.7 Å². The molecule has 43 heavy (non-hydrogen) atoms. The highest BCUT2D eigenvalue weighted by molar-refractivity contribution is 7.23. The zero-order valence-corrected chi connectivity index (χ0v) is 24.7. The lowest BCUT2D eigenvalue weighted by Gasteiger charge is -2.22. The number of ether oxygens (including phenoxy) is 1. The number of thiophene rings is 1. The summed E-state index contributed by atoms with van der Waals surface area (Å²) in [7, 11) is 0. The summed E-state index contributed by atoms with van der Waals surface area (Å²) in [5, 5.41) is 16.3. The Morgan fingerprint density at radius 2 is 1.95 bits per heavy atom. The molecule has 7 heterocycles. The van der Waals surface area contributed by atoms with E-state index in [-0.39, 0.29) is 11.9 Å². The van der Waals surface area contributed by atoms with Crippen LogP contribution in [0.2, 0.25) is 0 Å². The Balaban J connectivity index is 1.25. The van der Waals surface area contributed by atoms with Crippen molar-refractivity contribution >= 4 is 33.1 Å². The topological polar surface area (TPSA) is 128 Å². The molecule has 0 saturated carbocycles. The average molecular weight is 594 g/mol. The zero-order valence-electron chi connectivity index (χ0n) is 23.9. The van der Waals surface area contributed by atoms with E-state index >= 15 is 0 Å². The maximum atomic E-state index is 13.3. The number of aromatic nitrogens is 5. The molecule has 5 aromatic heterocycles. The summed E-state index contributed by atoms with van der Waals surface area (Å²) in [5.74, 6) is 2.15. The molecule has 2 N–H and O–H groups in total. The van der Waals surface area contributed by atoms with Gasteiger partial charge in [0.15, 0.2) is 0 Å². The Morgan fingerprint density at radius 3 is 2.81 bits per heavy atom. The third-order valence-corrected chi connectivity index (χ3v) is 10.00. The molecule has 0 spiro atoms. The summed E-state index contributed by atoms with van der Waals surface area (Å²) >= 11 is 1.63. The highest BCUT2D eigenvalue weighted by atomic mass is 32.1. The van der Waals surface area contributed by atoms with E-state index < -0.39 is 0 Å². The summed E-state index contributed by atoms with van der Waals surface area (Å²) in [6.45, 7) is 3.79. The second-order valence-corrected chi connectivity index (χ2v) is 12.5. The average Bonchev–Trinajstić information content (AvgIpc) is 3.83. The van der Waals surface area contributed by atoms with Crippen LogP contribution in [0.3, 0.4) is 0 Å². The number of carbonyl (C=O) groups excluding carboxylic acids is 1. The number of anilines is 1. The van der Waals surface area contributed by atoms with E-state index in [1.165, 1.54) is 5.56 Å². The number of nitrogens with zero attached hydrogens (tertiary/aromatic N) is 5. The van der Waals surface area contributed by atoms with Crippen LogP contribution >= 0.6 is 11.3 Å². The number of pyridine rings is 3. The van der Waals surface area contributed by atoms with Gasteiger partial charge in [0.05, 0.1) is 39.8 Å². The monoisotopic (exact) mass is 593 g/mol.